The van der Waals surface area contributed by atoms with Crippen molar-refractivity contribution in [3.63, 3.8) is 0 Å². The largest absolute Gasteiger partial charge is 0.334 e. The highest BCUT2D eigenvalue weighted by Crippen LogP contribution is 2.08. The highest BCUT2D eigenvalue weighted by molar-refractivity contribution is 5.74. The molecule has 0 radical (unpaired) electrons. The second-order valence-electron chi connectivity index (χ2n) is 4.08. The third kappa shape index (κ3) is 4.96. The third-order valence-electron chi connectivity index (χ3n) is 1.63. The van der Waals surface area contributed by atoms with Crippen LogP contribution in [0.5, 0.6) is 0 Å². The molecular formula is C14H24N2. The van der Waals surface area contributed by atoms with Gasteiger partial charge >= 0.3 is 0 Å². The summed E-state index contributed by atoms with van der Waals surface area (Å²) in [5, 5.41) is 0. The fourth-order valence-corrected chi connectivity index (χ4v) is 1.08. The maximum atomic E-state index is 4.18. The summed E-state index contributed by atoms with van der Waals surface area (Å²) in [6, 6.07) is 8.08. The average Bonchev–Trinajstić information content (AvgIpc) is 2.64. The van der Waals surface area contributed by atoms with E-state index in [2.05, 4.69) is 31.8 Å². The molecule has 2 aromatic rings. The van der Waals surface area contributed by atoms with Gasteiger partial charge in [0.1, 0.15) is 0 Å². The number of para-hydroxylation sites is 2. The normalized spacial score (nSPS) is 9.19. The van der Waals surface area contributed by atoms with Crippen LogP contribution in [0.1, 0.15) is 34.6 Å². The van der Waals surface area contributed by atoms with Gasteiger partial charge in [-0.2, -0.15) is 0 Å². The van der Waals surface area contributed by atoms with Crippen molar-refractivity contribution in [3.05, 3.63) is 30.6 Å². The highest BCUT2D eigenvalue weighted by atomic mass is 15.0. The molecule has 0 aliphatic heterocycles. The van der Waals surface area contributed by atoms with Gasteiger partial charge in [-0.1, -0.05) is 46.8 Å². The van der Waals surface area contributed by atoms with Crippen LogP contribution in [-0.4, -0.2) is 9.55 Å². The second kappa shape index (κ2) is 7.91. The second-order valence-corrected chi connectivity index (χ2v) is 4.08. The van der Waals surface area contributed by atoms with E-state index in [1.165, 1.54) is 5.52 Å². The molecule has 2 heteroatoms. The van der Waals surface area contributed by atoms with Crippen LogP contribution in [-0.2, 0) is 7.05 Å². The van der Waals surface area contributed by atoms with E-state index in [1.54, 1.807) is 0 Å². The van der Waals surface area contributed by atoms with Crippen LogP contribution in [0, 0.1) is 5.92 Å². The summed E-state index contributed by atoms with van der Waals surface area (Å²) >= 11 is 0. The van der Waals surface area contributed by atoms with E-state index in [4.69, 9.17) is 0 Å². The van der Waals surface area contributed by atoms with E-state index >= 15 is 0 Å². The Morgan fingerprint density at radius 2 is 1.56 bits per heavy atom. The van der Waals surface area contributed by atoms with E-state index < -0.39 is 0 Å². The van der Waals surface area contributed by atoms with Crippen LogP contribution in [0.4, 0.5) is 0 Å². The van der Waals surface area contributed by atoms with E-state index in [1.807, 2.05) is 50.0 Å². The number of aryl methyl sites for hydroxylation is 1. The molecule has 16 heavy (non-hydrogen) atoms. The van der Waals surface area contributed by atoms with Crippen molar-refractivity contribution in [1.29, 1.82) is 0 Å². The van der Waals surface area contributed by atoms with Gasteiger partial charge in [0.25, 0.3) is 0 Å². The number of hydrogen-bond donors (Lipinski definition) is 0. The van der Waals surface area contributed by atoms with Crippen LogP contribution >= 0.6 is 0 Å². The Labute approximate surface area is 99.3 Å². The SMILES string of the molecule is CC.CC(C)C.Cn1cnc2ccccc21. The first-order valence-corrected chi connectivity index (χ1v) is 5.97. The third-order valence-corrected chi connectivity index (χ3v) is 1.63. The van der Waals surface area contributed by atoms with Crippen molar-refractivity contribution in [3.8, 4) is 0 Å². The molecular weight excluding hydrogens is 196 g/mol. The zero-order chi connectivity index (χ0) is 12.6. The number of nitrogens with zero attached hydrogens (tertiary/aromatic N) is 2. The number of aromatic nitrogens is 2. The summed E-state index contributed by atoms with van der Waals surface area (Å²) in [5.74, 6) is 0.833. The molecule has 0 unspecified atom stereocenters. The summed E-state index contributed by atoms with van der Waals surface area (Å²) in [4.78, 5) is 4.18. The van der Waals surface area contributed by atoms with Crippen LogP contribution in [0.25, 0.3) is 11.0 Å². The molecule has 1 heterocycles. The van der Waals surface area contributed by atoms with Gasteiger partial charge in [0, 0.05) is 7.05 Å². The molecule has 2 nitrogen and oxygen atoms in total. The Kier molecular flexibility index (Phi) is 7.27. The van der Waals surface area contributed by atoms with E-state index in [0.717, 1.165) is 11.4 Å². The first-order chi connectivity index (χ1) is 7.61. The molecule has 0 spiro atoms. The van der Waals surface area contributed by atoms with Gasteiger partial charge < -0.3 is 4.57 Å². The van der Waals surface area contributed by atoms with Gasteiger partial charge in [-0.15, -0.1) is 0 Å². The van der Waals surface area contributed by atoms with Gasteiger partial charge in [0.05, 0.1) is 17.4 Å². The Bertz CT molecular complexity index is 386. The molecule has 2 rings (SSSR count). The minimum atomic E-state index is 0.833. The first-order valence-electron chi connectivity index (χ1n) is 5.97. The fraction of sp³-hybridized carbons (Fsp3) is 0.500. The Balaban J connectivity index is 0.000000323. The minimum absolute atomic E-state index is 0.833. The number of fused-ring (bicyclic) bond motifs is 1. The monoisotopic (exact) mass is 220 g/mol. The lowest BCUT2D eigenvalue weighted by atomic mass is 10.3. The lowest BCUT2D eigenvalue weighted by Crippen LogP contribution is -1.81. The number of benzene rings is 1. The van der Waals surface area contributed by atoms with Crippen LogP contribution < -0.4 is 0 Å². The van der Waals surface area contributed by atoms with E-state index in [-0.39, 0.29) is 0 Å². The number of rotatable bonds is 0. The molecule has 1 aromatic carbocycles. The molecule has 0 N–H and O–H groups in total. The van der Waals surface area contributed by atoms with Crippen molar-refractivity contribution in [2.45, 2.75) is 34.6 Å². The molecule has 0 atom stereocenters. The van der Waals surface area contributed by atoms with Gasteiger partial charge in [-0.05, 0) is 18.1 Å². The highest BCUT2D eigenvalue weighted by Gasteiger charge is 1.93. The topological polar surface area (TPSA) is 17.8 Å². The maximum Gasteiger partial charge on any atom is 0.0955 e. The van der Waals surface area contributed by atoms with Crippen molar-refractivity contribution < 1.29 is 0 Å². The minimum Gasteiger partial charge on any atom is -0.334 e. The Morgan fingerprint density at radius 1 is 1.06 bits per heavy atom. The van der Waals surface area contributed by atoms with Gasteiger partial charge in [0.2, 0.25) is 0 Å². The molecule has 0 fully saturated rings. The molecule has 90 valence electrons. The van der Waals surface area contributed by atoms with Crippen molar-refractivity contribution >= 4 is 11.0 Å². The molecule has 0 bridgehead atoms. The summed E-state index contributed by atoms with van der Waals surface area (Å²) in [5.41, 5.74) is 2.24. The van der Waals surface area contributed by atoms with Crippen LogP contribution in [0.15, 0.2) is 30.6 Å². The van der Waals surface area contributed by atoms with Gasteiger partial charge in [-0.3, -0.25) is 0 Å². The molecule has 0 amide bonds. The zero-order valence-electron chi connectivity index (χ0n) is 11.4. The fourth-order valence-electron chi connectivity index (χ4n) is 1.08. The lowest BCUT2D eigenvalue weighted by molar-refractivity contribution is 0.737. The standard InChI is InChI=1S/C8H8N2.C4H10.C2H6/c1-10-6-9-7-4-2-3-5-8(7)10;1-4(2)3;1-2/h2-6H,1H3;4H,1-3H3;1-2H3. The number of hydrogen-bond acceptors (Lipinski definition) is 1. The smallest absolute Gasteiger partial charge is 0.0955 e. The Hall–Kier alpha value is -1.31. The molecule has 1 aromatic heterocycles. The van der Waals surface area contributed by atoms with E-state index in [9.17, 15) is 0 Å². The molecule has 0 aliphatic rings. The van der Waals surface area contributed by atoms with Crippen molar-refractivity contribution in [2.24, 2.45) is 13.0 Å². The first kappa shape index (κ1) is 14.7. The van der Waals surface area contributed by atoms with Gasteiger partial charge in [-0.25, -0.2) is 4.98 Å². The predicted molar refractivity (Wildman–Crippen MR) is 72.6 cm³/mol. The Morgan fingerprint density at radius 3 is 2.06 bits per heavy atom. The molecule has 0 saturated heterocycles. The van der Waals surface area contributed by atoms with Crippen molar-refractivity contribution in [2.75, 3.05) is 0 Å². The van der Waals surface area contributed by atoms with Crippen LogP contribution in [0.2, 0.25) is 0 Å². The summed E-state index contributed by atoms with van der Waals surface area (Å²) in [7, 11) is 2.00. The molecule has 0 saturated carbocycles. The molecule has 0 aliphatic carbocycles. The van der Waals surface area contributed by atoms with Gasteiger partial charge in [0.15, 0.2) is 0 Å². The van der Waals surface area contributed by atoms with Crippen LogP contribution in [0.3, 0.4) is 0 Å². The van der Waals surface area contributed by atoms with Crippen molar-refractivity contribution in [1.82, 2.24) is 9.55 Å². The summed E-state index contributed by atoms with van der Waals surface area (Å²) in [6.45, 7) is 10.5. The number of imidazole rings is 1. The lowest BCUT2D eigenvalue weighted by Gasteiger charge is -1.90. The average molecular weight is 220 g/mol. The quantitative estimate of drug-likeness (QED) is 0.648. The maximum absolute atomic E-state index is 4.18. The summed E-state index contributed by atoms with van der Waals surface area (Å²) < 4.78 is 2.01. The summed E-state index contributed by atoms with van der Waals surface area (Å²) in [6.07, 6.45) is 1.82. The zero-order valence-corrected chi connectivity index (χ0v) is 11.4. The van der Waals surface area contributed by atoms with E-state index in [0.29, 0.717) is 0 Å². The predicted octanol–water partition coefficient (Wildman–Crippen LogP) is 4.26.